The number of hydrogen-bond acceptors (Lipinski definition) is 7. The summed E-state index contributed by atoms with van der Waals surface area (Å²) in [5.41, 5.74) is 6.15. The van der Waals surface area contributed by atoms with E-state index in [2.05, 4.69) is 10.6 Å². The van der Waals surface area contributed by atoms with Crippen molar-refractivity contribution in [2.45, 2.75) is 78.6 Å². The van der Waals surface area contributed by atoms with Gasteiger partial charge in [0.05, 0.1) is 20.8 Å². The van der Waals surface area contributed by atoms with Crippen LogP contribution in [0.15, 0.2) is 91.0 Å². The number of primary amides is 1. The fourth-order valence-corrected chi connectivity index (χ4v) is 6.36. The summed E-state index contributed by atoms with van der Waals surface area (Å²) in [6, 6.07) is 27.0. The zero-order chi connectivity index (χ0) is 39.4. The van der Waals surface area contributed by atoms with Crippen LogP contribution in [-0.2, 0) is 42.7 Å². The van der Waals surface area contributed by atoms with Gasteiger partial charge in [0.25, 0.3) is 5.91 Å². The highest BCUT2D eigenvalue weighted by atomic mass is 16.7. The summed E-state index contributed by atoms with van der Waals surface area (Å²) in [5.74, 6) is -2.14. The van der Waals surface area contributed by atoms with Gasteiger partial charge < -0.3 is 25.8 Å². The summed E-state index contributed by atoms with van der Waals surface area (Å²) in [4.78, 5) is 61.7. The van der Waals surface area contributed by atoms with E-state index in [4.69, 9.17) is 20.0 Å². The first-order valence-electron chi connectivity index (χ1n) is 18.4. The maximum Gasteiger partial charge on any atom is 0.250 e. The topological polar surface area (TPSA) is 149 Å². The van der Waals surface area contributed by atoms with Crippen molar-refractivity contribution in [1.82, 2.24) is 15.7 Å². The molecular weight excluding hydrogens is 684 g/mol. The Labute approximate surface area is 318 Å². The average molecular weight is 739 g/mol. The van der Waals surface area contributed by atoms with Crippen LogP contribution in [0.2, 0.25) is 0 Å². The second kappa shape index (κ2) is 19.1. The monoisotopic (exact) mass is 738 g/mol. The first-order valence-corrected chi connectivity index (χ1v) is 18.4. The molecule has 11 heteroatoms. The Kier molecular flexibility index (Phi) is 14.6. The lowest BCUT2D eigenvalue weighted by atomic mass is 9.86. The third kappa shape index (κ3) is 10.6. The van der Waals surface area contributed by atoms with E-state index in [1.807, 2.05) is 94.4 Å². The second-order valence-corrected chi connectivity index (χ2v) is 14.3. The lowest BCUT2D eigenvalue weighted by Crippen LogP contribution is -2.60. The molecular formula is C43H54N4O7. The van der Waals surface area contributed by atoms with Crippen molar-refractivity contribution in [1.29, 1.82) is 0 Å². The molecule has 288 valence electrons. The van der Waals surface area contributed by atoms with Crippen LogP contribution >= 0.6 is 0 Å². The van der Waals surface area contributed by atoms with E-state index in [1.54, 1.807) is 38.3 Å². The first kappa shape index (κ1) is 41.3. The standard InChI is InChI=1S/C43H54N4O7/c1-8-29(4)39(40(44)49)45-42(51)43(5,35-20-18-31-16-12-13-17-32(31)23-35)46-41(50)34(22-28(2)3)24-38(48)47(54-27-30-14-10-9-11-15-30)26-33-19-21-36(52-6)25-37(33)53-7/h9-21,23,25,28-29,34,39H,8,22,24,26-27H2,1-7H3,(H2,44,49)(H,45,51)(H,46,50)/t29-,34?,39?,43-/m0/s1. The molecule has 0 bridgehead atoms. The van der Waals surface area contributed by atoms with Crippen LogP contribution in [-0.4, -0.2) is 49.0 Å². The van der Waals surface area contributed by atoms with Crippen molar-refractivity contribution < 1.29 is 33.5 Å². The number of ether oxygens (including phenoxy) is 2. The second-order valence-electron chi connectivity index (χ2n) is 14.3. The van der Waals surface area contributed by atoms with Crippen molar-refractivity contribution in [3.63, 3.8) is 0 Å². The molecule has 11 nitrogen and oxygen atoms in total. The predicted molar refractivity (Wildman–Crippen MR) is 209 cm³/mol. The number of hydroxylamine groups is 2. The summed E-state index contributed by atoms with van der Waals surface area (Å²) in [7, 11) is 3.10. The number of carbonyl (C=O) groups excluding carboxylic acids is 4. The molecule has 0 aromatic heterocycles. The number of nitrogens with zero attached hydrogens (tertiary/aromatic N) is 1. The minimum absolute atomic E-state index is 0.0271. The van der Waals surface area contributed by atoms with Crippen molar-refractivity contribution >= 4 is 34.4 Å². The number of nitrogens with two attached hydrogens (primary N) is 1. The molecule has 2 unspecified atom stereocenters. The zero-order valence-corrected chi connectivity index (χ0v) is 32.4. The maximum atomic E-state index is 14.5. The number of fused-ring (bicyclic) bond motifs is 1. The largest absolute Gasteiger partial charge is 0.497 e. The first-order chi connectivity index (χ1) is 25.8. The minimum atomic E-state index is -1.64. The number of amides is 4. The third-order valence-corrected chi connectivity index (χ3v) is 9.82. The van der Waals surface area contributed by atoms with Crippen LogP contribution in [0, 0.1) is 17.8 Å². The lowest BCUT2D eigenvalue weighted by molar-refractivity contribution is -0.197. The highest BCUT2D eigenvalue weighted by Crippen LogP contribution is 2.30. The molecule has 0 fully saturated rings. The molecule has 4 aromatic carbocycles. The van der Waals surface area contributed by atoms with Gasteiger partial charge in [-0.2, -0.15) is 0 Å². The van der Waals surface area contributed by atoms with E-state index in [0.29, 0.717) is 35.5 Å². The van der Waals surface area contributed by atoms with Crippen LogP contribution in [0.4, 0.5) is 0 Å². The van der Waals surface area contributed by atoms with E-state index in [1.165, 1.54) is 12.2 Å². The summed E-state index contributed by atoms with van der Waals surface area (Å²) < 4.78 is 11.0. The quantitative estimate of drug-likeness (QED) is 0.0941. The average Bonchev–Trinajstić information content (AvgIpc) is 3.17. The molecule has 4 amide bonds. The van der Waals surface area contributed by atoms with Crippen molar-refractivity contribution in [3.8, 4) is 11.5 Å². The fraction of sp³-hybridized carbons (Fsp3) is 0.395. The van der Waals surface area contributed by atoms with Crippen LogP contribution < -0.4 is 25.8 Å². The van der Waals surface area contributed by atoms with E-state index in [-0.39, 0.29) is 31.4 Å². The van der Waals surface area contributed by atoms with Gasteiger partial charge in [-0.1, -0.05) is 101 Å². The minimum Gasteiger partial charge on any atom is -0.497 e. The van der Waals surface area contributed by atoms with Gasteiger partial charge in [-0.15, -0.1) is 0 Å². The van der Waals surface area contributed by atoms with Crippen molar-refractivity contribution in [2.24, 2.45) is 23.5 Å². The van der Waals surface area contributed by atoms with Gasteiger partial charge in [0.2, 0.25) is 17.7 Å². The number of hydrogen-bond donors (Lipinski definition) is 3. The zero-order valence-electron chi connectivity index (χ0n) is 32.4. The summed E-state index contributed by atoms with van der Waals surface area (Å²) in [5, 5.41) is 8.93. The number of methoxy groups -OCH3 is 2. The van der Waals surface area contributed by atoms with Gasteiger partial charge in [-0.25, -0.2) is 5.06 Å². The molecule has 4 N–H and O–H groups in total. The van der Waals surface area contributed by atoms with Crippen molar-refractivity contribution in [3.05, 3.63) is 108 Å². The normalized spacial score (nSPS) is 14.0. The van der Waals surface area contributed by atoms with Gasteiger partial charge in [0, 0.05) is 24.0 Å². The summed E-state index contributed by atoms with van der Waals surface area (Å²) in [6.45, 7) is 9.43. The van der Waals surface area contributed by atoms with Crippen LogP contribution in [0.1, 0.15) is 70.6 Å². The number of rotatable bonds is 19. The van der Waals surface area contributed by atoms with Gasteiger partial charge in [0.15, 0.2) is 0 Å². The van der Waals surface area contributed by atoms with Crippen LogP contribution in [0.25, 0.3) is 10.8 Å². The smallest absolute Gasteiger partial charge is 0.250 e. The highest BCUT2D eigenvalue weighted by molar-refractivity contribution is 5.97. The molecule has 4 atom stereocenters. The molecule has 0 aliphatic carbocycles. The van der Waals surface area contributed by atoms with E-state index in [9.17, 15) is 19.2 Å². The van der Waals surface area contributed by atoms with Crippen molar-refractivity contribution in [2.75, 3.05) is 14.2 Å². The van der Waals surface area contributed by atoms with E-state index < -0.39 is 41.1 Å². The van der Waals surface area contributed by atoms with Gasteiger partial charge in [0.1, 0.15) is 29.7 Å². The SMILES string of the molecule is CC[C@H](C)C(NC(=O)[C@@](C)(NC(=O)C(CC(=O)N(Cc1ccc(OC)cc1OC)OCc1ccccc1)CC(C)C)c1ccc2ccccc2c1)C(N)=O. The lowest BCUT2D eigenvalue weighted by Gasteiger charge is -2.34. The predicted octanol–water partition coefficient (Wildman–Crippen LogP) is 6.42. The number of benzene rings is 4. The molecule has 0 radical (unpaired) electrons. The third-order valence-electron chi connectivity index (χ3n) is 9.82. The molecule has 0 heterocycles. The molecule has 4 rings (SSSR count). The number of nitrogens with one attached hydrogen (secondary N) is 2. The molecule has 0 spiro atoms. The van der Waals surface area contributed by atoms with Gasteiger partial charge in [-0.05, 0) is 65.3 Å². The Morgan fingerprint density at radius 3 is 2.17 bits per heavy atom. The van der Waals surface area contributed by atoms with Gasteiger partial charge in [-0.3, -0.25) is 24.0 Å². The van der Waals surface area contributed by atoms with Gasteiger partial charge >= 0.3 is 0 Å². The van der Waals surface area contributed by atoms with Crippen LogP contribution in [0.5, 0.6) is 11.5 Å². The molecule has 4 aromatic rings. The molecule has 0 saturated heterocycles. The molecule has 54 heavy (non-hydrogen) atoms. The summed E-state index contributed by atoms with van der Waals surface area (Å²) in [6.07, 6.45) is 0.738. The Morgan fingerprint density at radius 2 is 1.54 bits per heavy atom. The summed E-state index contributed by atoms with van der Waals surface area (Å²) >= 11 is 0. The molecule has 0 saturated carbocycles. The Morgan fingerprint density at radius 1 is 0.852 bits per heavy atom. The van der Waals surface area contributed by atoms with E-state index in [0.717, 1.165) is 16.3 Å². The Bertz CT molecular complexity index is 1900. The highest BCUT2D eigenvalue weighted by Gasteiger charge is 2.41. The van der Waals surface area contributed by atoms with E-state index >= 15 is 0 Å². The molecule has 0 aliphatic heterocycles. The number of carbonyl (C=O) groups is 4. The fourth-order valence-electron chi connectivity index (χ4n) is 6.36. The van der Waals surface area contributed by atoms with Crippen LogP contribution in [0.3, 0.4) is 0 Å². The Hall–Kier alpha value is -5.42. The molecule has 0 aliphatic rings. The Balaban J connectivity index is 1.68. The maximum absolute atomic E-state index is 14.5.